The summed E-state index contributed by atoms with van der Waals surface area (Å²) in [6.45, 7) is 1.58. The van der Waals surface area contributed by atoms with Crippen LogP contribution >= 0.6 is 0 Å². The normalized spacial score (nSPS) is 13.1. The number of carboxylic acid groups (broad SMARTS) is 1. The van der Waals surface area contributed by atoms with E-state index >= 15 is 0 Å². The van der Waals surface area contributed by atoms with Crippen LogP contribution in [0.2, 0.25) is 0 Å². The molecular weight excluding hydrogens is 146 g/mol. The molecule has 0 aromatic rings. The van der Waals surface area contributed by atoms with Crippen LogP contribution in [0.5, 0.6) is 0 Å². The number of carbonyl (C=O) groups excluding carboxylic acids is 1. The first-order valence-corrected chi connectivity index (χ1v) is 3.35. The lowest BCUT2D eigenvalue weighted by atomic mass is 10.1. The van der Waals surface area contributed by atoms with E-state index in [0.717, 1.165) is 0 Å². The maximum Gasteiger partial charge on any atom is 0.313 e. The van der Waals surface area contributed by atoms with Crippen LogP contribution in [0.4, 0.5) is 0 Å². The highest BCUT2D eigenvalue weighted by Crippen LogP contribution is 1.97. The summed E-state index contributed by atoms with van der Waals surface area (Å²) >= 11 is 0. The molecule has 64 valence electrons. The minimum Gasteiger partial charge on any atom is -0.481 e. The number of carboxylic acids is 1. The van der Waals surface area contributed by atoms with Gasteiger partial charge in [-0.1, -0.05) is 0 Å². The molecule has 0 spiro atoms. The summed E-state index contributed by atoms with van der Waals surface area (Å²) in [5.41, 5.74) is 0. The molecule has 0 aliphatic rings. The van der Waals surface area contributed by atoms with Gasteiger partial charge in [0.2, 0.25) is 0 Å². The Labute approximate surface area is 65.8 Å². The smallest absolute Gasteiger partial charge is 0.313 e. The van der Waals surface area contributed by atoms with Gasteiger partial charge >= 0.3 is 5.97 Å². The Morgan fingerprint density at radius 2 is 1.91 bits per heavy atom. The van der Waals surface area contributed by atoms with Crippen molar-refractivity contribution in [2.75, 3.05) is 20.6 Å². The summed E-state index contributed by atoms with van der Waals surface area (Å²) in [6, 6.07) is 0. The van der Waals surface area contributed by atoms with Crippen molar-refractivity contribution in [1.29, 1.82) is 0 Å². The van der Waals surface area contributed by atoms with Gasteiger partial charge in [0.1, 0.15) is 5.92 Å². The third kappa shape index (κ3) is 3.72. The van der Waals surface area contributed by atoms with Gasteiger partial charge in [-0.25, -0.2) is 0 Å². The van der Waals surface area contributed by atoms with E-state index in [1.807, 2.05) is 0 Å². The van der Waals surface area contributed by atoms with Crippen LogP contribution in [0.3, 0.4) is 0 Å². The Balaban J connectivity index is 3.93. The van der Waals surface area contributed by atoms with Crippen molar-refractivity contribution in [2.24, 2.45) is 5.92 Å². The van der Waals surface area contributed by atoms with Gasteiger partial charge in [0.25, 0.3) is 0 Å². The quantitative estimate of drug-likeness (QED) is 0.579. The highest BCUT2D eigenvalue weighted by Gasteiger charge is 2.20. The molecule has 0 aliphatic carbocycles. The molecule has 1 atom stereocenters. The summed E-state index contributed by atoms with van der Waals surface area (Å²) < 4.78 is 0. The van der Waals surface area contributed by atoms with E-state index in [9.17, 15) is 9.59 Å². The summed E-state index contributed by atoms with van der Waals surface area (Å²) in [7, 11) is 3.46. The van der Waals surface area contributed by atoms with E-state index in [1.165, 1.54) is 6.92 Å². The second-order valence-electron chi connectivity index (χ2n) is 2.76. The molecule has 0 saturated heterocycles. The maximum atomic E-state index is 11.0. The number of ketones is 1. The molecule has 0 heterocycles. The number of hydrogen-bond donors (Lipinski definition) is 1. The molecule has 11 heavy (non-hydrogen) atoms. The number of carbonyl (C=O) groups is 2. The number of hydrogen-bond acceptors (Lipinski definition) is 3. The van der Waals surface area contributed by atoms with Crippen molar-refractivity contribution >= 4 is 11.8 Å². The average Bonchev–Trinajstić information content (AvgIpc) is 1.84. The lowest BCUT2D eigenvalue weighted by Crippen LogP contribution is -2.30. The van der Waals surface area contributed by atoms with Crippen LogP contribution in [0.25, 0.3) is 0 Å². The lowest BCUT2D eigenvalue weighted by molar-refractivity contribution is -0.145. The van der Waals surface area contributed by atoms with Gasteiger partial charge in [-0.05, 0) is 21.0 Å². The minimum absolute atomic E-state index is 0.188. The number of likely N-dealkylation sites (N-methyl/N-ethyl adjacent to an activating group) is 1. The van der Waals surface area contributed by atoms with Crippen molar-refractivity contribution in [3.63, 3.8) is 0 Å². The van der Waals surface area contributed by atoms with Gasteiger partial charge in [0.05, 0.1) is 6.54 Å². The molecule has 0 aromatic heterocycles. The summed E-state index contributed by atoms with van der Waals surface area (Å²) in [4.78, 5) is 22.9. The predicted molar refractivity (Wildman–Crippen MR) is 40.4 cm³/mol. The number of rotatable bonds is 4. The van der Waals surface area contributed by atoms with Crippen molar-refractivity contribution in [2.45, 2.75) is 6.92 Å². The van der Waals surface area contributed by atoms with Crippen LogP contribution in [0.1, 0.15) is 6.92 Å². The van der Waals surface area contributed by atoms with Crippen LogP contribution in [-0.2, 0) is 9.59 Å². The Bertz CT molecular complexity index is 165. The largest absolute Gasteiger partial charge is 0.481 e. The van der Waals surface area contributed by atoms with Crippen LogP contribution in [0.15, 0.2) is 0 Å². The highest BCUT2D eigenvalue weighted by atomic mass is 16.4. The van der Waals surface area contributed by atoms with Gasteiger partial charge in [-0.3, -0.25) is 9.59 Å². The number of nitrogens with zero attached hydrogens (tertiary/aromatic N) is 1. The van der Waals surface area contributed by atoms with Crippen LogP contribution in [-0.4, -0.2) is 42.4 Å². The standard InChI is InChI=1S/C7H13NO3/c1-5(7(10)11)6(9)4-8(2)3/h5H,4H2,1-3H3,(H,10,11). The maximum absolute atomic E-state index is 11.0. The first-order valence-electron chi connectivity index (χ1n) is 3.35. The van der Waals surface area contributed by atoms with Crippen molar-refractivity contribution in [3.8, 4) is 0 Å². The van der Waals surface area contributed by atoms with E-state index in [-0.39, 0.29) is 12.3 Å². The molecule has 0 rings (SSSR count). The third-order valence-corrected chi connectivity index (χ3v) is 1.33. The van der Waals surface area contributed by atoms with Gasteiger partial charge in [0.15, 0.2) is 5.78 Å². The van der Waals surface area contributed by atoms with Crippen LogP contribution in [0, 0.1) is 5.92 Å². The molecular formula is C7H13NO3. The Hall–Kier alpha value is -0.900. The zero-order chi connectivity index (χ0) is 9.02. The van der Waals surface area contributed by atoms with E-state index in [0.29, 0.717) is 0 Å². The monoisotopic (exact) mass is 159 g/mol. The average molecular weight is 159 g/mol. The van der Waals surface area contributed by atoms with Crippen LogP contribution < -0.4 is 0 Å². The number of aliphatic carboxylic acids is 1. The second kappa shape index (κ2) is 4.08. The summed E-state index contributed by atoms with van der Waals surface area (Å²) in [6.07, 6.45) is 0. The molecule has 1 unspecified atom stereocenters. The Morgan fingerprint density at radius 3 is 2.18 bits per heavy atom. The Kier molecular flexibility index (Phi) is 3.74. The zero-order valence-electron chi connectivity index (χ0n) is 7.00. The predicted octanol–water partition coefficient (Wildman–Crippen LogP) is -0.162. The molecule has 0 saturated carbocycles. The highest BCUT2D eigenvalue weighted by molar-refractivity contribution is 5.98. The van der Waals surface area contributed by atoms with Gasteiger partial charge in [-0.2, -0.15) is 0 Å². The summed E-state index contributed by atoms with van der Waals surface area (Å²) in [5, 5.41) is 8.43. The Morgan fingerprint density at radius 1 is 1.45 bits per heavy atom. The molecule has 0 fully saturated rings. The SMILES string of the molecule is CC(C(=O)O)C(=O)CN(C)C. The first-order chi connectivity index (χ1) is 4.95. The molecule has 4 nitrogen and oxygen atoms in total. The zero-order valence-corrected chi connectivity index (χ0v) is 7.00. The molecule has 0 radical (unpaired) electrons. The fourth-order valence-electron chi connectivity index (χ4n) is 0.586. The van der Waals surface area contributed by atoms with E-state index in [1.54, 1.807) is 19.0 Å². The molecule has 0 aromatic carbocycles. The van der Waals surface area contributed by atoms with Crippen molar-refractivity contribution in [3.05, 3.63) is 0 Å². The van der Waals surface area contributed by atoms with Crippen molar-refractivity contribution in [1.82, 2.24) is 4.90 Å². The first kappa shape index (κ1) is 10.1. The summed E-state index contributed by atoms with van der Waals surface area (Å²) in [5.74, 6) is -2.21. The van der Waals surface area contributed by atoms with E-state index in [2.05, 4.69) is 0 Å². The molecule has 4 heteroatoms. The topological polar surface area (TPSA) is 57.6 Å². The fraction of sp³-hybridized carbons (Fsp3) is 0.714. The minimum atomic E-state index is -1.06. The van der Waals surface area contributed by atoms with E-state index in [4.69, 9.17) is 5.11 Å². The lowest BCUT2D eigenvalue weighted by Gasteiger charge is -2.10. The van der Waals surface area contributed by atoms with Crippen molar-refractivity contribution < 1.29 is 14.7 Å². The van der Waals surface area contributed by atoms with E-state index < -0.39 is 11.9 Å². The number of Topliss-reactive ketones (excluding diaryl/α,β-unsaturated/α-hetero) is 1. The third-order valence-electron chi connectivity index (χ3n) is 1.33. The fourth-order valence-corrected chi connectivity index (χ4v) is 0.586. The van der Waals surface area contributed by atoms with Gasteiger partial charge < -0.3 is 10.0 Å². The van der Waals surface area contributed by atoms with Gasteiger partial charge in [0, 0.05) is 0 Å². The molecule has 0 amide bonds. The molecule has 0 bridgehead atoms. The second-order valence-corrected chi connectivity index (χ2v) is 2.76. The van der Waals surface area contributed by atoms with Gasteiger partial charge in [-0.15, -0.1) is 0 Å². The molecule has 1 N–H and O–H groups in total. The molecule has 0 aliphatic heterocycles.